The van der Waals surface area contributed by atoms with Crippen LogP contribution in [-0.2, 0) is 9.53 Å². The smallest absolute Gasteiger partial charge is 0.407 e. The third-order valence-corrected chi connectivity index (χ3v) is 5.11. The third-order valence-electron chi connectivity index (χ3n) is 5.11. The van der Waals surface area contributed by atoms with Gasteiger partial charge >= 0.3 is 6.09 Å². The normalized spacial score (nSPS) is 18.0. The van der Waals surface area contributed by atoms with Crippen molar-refractivity contribution in [3.8, 4) is 11.1 Å². The van der Waals surface area contributed by atoms with E-state index in [9.17, 15) is 19.5 Å². The fraction of sp³-hybridized carbons (Fsp3) is 0.348. The van der Waals surface area contributed by atoms with Gasteiger partial charge in [-0.15, -0.1) is 0 Å². The van der Waals surface area contributed by atoms with Crippen LogP contribution in [0.1, 0.15) is 56.1 Å². The number of carboxylic acids is 1. The number of carbonyl (C=O) groups excluding carboxylic acids is 3. The highest BCUT2D eigenvalue weighted by Gasteiger charge is 2.33. The Labute approximate surface area is 175 Å². The largest absolute Gasteiger partial charge is 0.545 e. The number of anilines is 1. The molecule has 0 unspecified atom stereocenters. The molecule has 7 nitrogen and oxygen atoms in total. The zero-order valence-electron chi connectivity index (χ0n) is 17.5. The van der Waals surface area contributed by atoms with E-state index in [4.69, 9.17) is 4.74 Å². The van der Waals surface area contributed by atoms with Crippen molar-refractivity contribution in [2.75, 3.05) is 4.90 Å². The van der Waals surface area contributed by atoms with E-state index in [2.05, 4.69) is 5.32 Å². The number of ether oxygens (including phenoxy) is 1. The summed E-state index contributed by atoms with van der Waals surface area (Å²) < 4.78 is 5.24. The first kappa shape index (κ1) is 21.4. The van der Waals surface area contributed by atoms with Gasteiger partial charge < -0.3 is 24.9 Å². The molecule has 7 heteroatoms. The lowest BCUT2D eigenvalue weighted by Gasteiger charge is -2.39. The number of amides is 2. The van der Waals surface area contributed by atoms with Crippen molar-refractivity contribution < 1.29 is 24.2 Å². The molecule has 2 aromatic rings. The molecule has 0 fully saturated rings. The van der Waals surface area contributed by atoms with Crippen molar-refractivity contribution in [1.82, 2.24) is 5.32 Å². The van der Waals surface area contributed by atoms with Crippen LogP contribution in [0.25, 0.3) is 11.1 Å². The van der Waals surface area contributed by atoms with E-state index in [1.165, 1.54) is 19.1 Å². The molecule has 1 heterocycles. The lowest BCUT2D eigenvalue weighted by molar-refractivity contribution is -0.255. The van der Waals surface area contributed by atoms with Gasteiger partial charge in [0.2, 0.25) is 5.91 Å². The van der Waals surface area contributed by atoms with Gasteiger partial charge in [-0.05, 0) is 61.6 Å². The van der Waals surface area contributed by atoms with Crippen molar-refractivity contribution in [1.29, 1.82) is 0 Å². The summed E-state index contributed by atoms with van der Waals surface area (Å²) in [5.74, 6) is -1.30. The zero-order valence-corrected chi connectivity index (χ0v) is 17.5. The van der Waals surface area contributed by atoms with Crippen molar-refractivity contribution in [3.63, 3.8) is 0 Å². The van der Waals surface area contributed by atoms with E-state index in [1.54, 1.807) is 30.9 Å². The van der Waals surface area contributed by atoms with Crippen LogP contribution in [0.5, 0.6) is 0 Å². The Morgan fingerprint density at radius 2 is 1.73 bits per heavy atom. The van der Waals surface area contributed by atoms with Gasteiger partial charge in [0, 0.05) is 18.7 Å². The van der Waals surface area contributed by atoms with Crippen LogP contribution >= 0.6 is 0 Å². The number of carbonyl (C=O) groups is 3. The van der Waals surface area contributed by atoms with Gasteiger partial charge in [0.05, 0.1) is 18.1 Å². The average Bonchev–Trinajstić information content (AvgIpc) is 2.66. The first-order chi connectivity index (χ1) is 14.2. The third kappa shape index (κ3) is 4.45. The van der Waals surface area contributed by atoms with E-state index in [-0.39, 0.29) is 29.7 Å². The van der Waals surface area contributed by atoms with E-state index in [1.807, 2.05) is 25.1 Å². The Morgan fingerprint density at radius 1 is 1.10 bits per heavy atom. The molecule has 0 aliphatic carbocycles. The Bertz CT molecular complexity index is 968. The SMILES string of the molecule is CC(=O)N1c2ccc(-c3ccc(C(=O)[O-])cc3)cc2[C@@H](NC(=O)OC(C)C)C[C@H]1C. The molecular weight excluding hydrogens is 384 g/mol. The summed E-state index contributed by atoms with van der Waals surface area (Å²) in [5.41, 5.74) is 3.32. The van der Waals surface area contributed by atoms with Crippen molar-refractivity contribution in [3.05, 3.63) is 53.6 Å². The van der Waals surface area contributed by atoms with Gasteiger partial charge in [0.15, 0.2) is 0 Å². The summed E-state index contributed by atoms with van der Waals surface area (Å²) in [7, 11) is 0. The number of aromatic carboxylic acids is 1. The average molecular weight is 409 g/mol. The molecule has 0 saturated heterocycles. The maximum atomic E-state index is 12.3. The van der Waals surface area contributed by atoms with Crippen LogP contribution < -0.4 is 15.3 Å². The predicted octanol–water partition coefficient (Wildman–Crippen LogP) is 3.04. The maximum Gasteiger partial charge on any atom is 0.407 e. The molecular formula is C23H25N2O5-. The van der Waals surface area contributed by atoms with Crippen LogP contribution in [-0.4, -0.2) is 30.1 Å². The summed E-state index contributed by atoms with van der Waals surface area (Å²) in [5, 5.41) is 13.9. The highest BCUT2D eigenvalue weighted by atomic mass is 16.6. The Hall–Kier alpha value is -3.35. The number of nitrogens with one attached hydrogen (secondary N) is 1. The summed E-state index contributed by atoms with van der Waals surface area (Å²) in [6.07, 6.45) is -0.201. The van der Waals surface area contributed by atoms with E-state index < -0.39 is 12.1 Å². The Kier molecular flexibility index (Phi) is 6.10. The first-order valence-electron chi connectivity index (χ1n) is 9.90. The van der Waals surface area contributed by atoms with Crippen LogP contribution in [0.4, 0.5) is 10.5 Å². The summed E-state index contributed by atoms with van der Waals surface area (Å²) in [6.45, 7) is 7.03. The molecule has 2 aromatic carbocycles. The molecule has 158 valence electrons. The van der Waals surface area contributed by atoms with E-state index in [0.29, 0.717) is 6.42 Å². The molecule has 0 aromatic heterocycles. The maximum absolute atomic E-state index is 12.3. The fourth-order valence-electron chi connectivity index (χ4n) is 3.85. The van der Waals surface area contributed by atoms with Gasteiger partial charge in [-0.2, -0.15) is 0 Å². The van der Waals surface area contributed by atoms with Gasteiger partial charge in [-0.1, -0.05) is 30.3 Å². The molecule has 1 N–H and O–H groups in total. The quantitative estimate of drug-likeness (QED) is 0.837. The number of hydrogen-bond acceptors (Lipinski definition) is 5. The minimum Gasteiger partial charge on any atom is -0.545 e. The topological polar surface area (TPSA) is 98.8 Å². The van der Waals surface area contributed by atoms with Crippen molar-refractivity contribution >= 4 is 23.7 Å². The zero-order chi connectivity index (χ0) is 22.0. The van der Waals surface area contributed by atoms with Gasteiger partial charge in [0.25, 0.3) is 0 Å². The molecule has 3 rings (SSSR count). The fourth-order valence-corrected chi connectivity index (χ4v) is 3.85. The first-order valence-corrected chi connectivity index (χ1v) is 9.90. The number of nitrogens with zero attached hydrogens (tertiary/aromatic N) is 1. The van der Waals surface area contributed by atoms with Gasteiger partial charge in [0.1, 0.15) is 0 Å². The monoisotopic (exact) mass is 409 g/mol. The predicted molar refractivity (Wildman–Crippen MR) is 111 cm³/mol. The number of rotatable bonds is 4. The molecule has 0 spiro atoms. The van der Waals surface area contributed by atoms with Crippen LogP contribution in [0.15, 0.2) is 42.5 Å². The second-order valence-corrected chi connectivity index (χ2v) is 7.76. The lowest BCUT2D eigenvalue weighted by atomic mass is 9.89. The van der Waals surface area contributed by atoms with E-state index in [0.717, 1.165) is 22.4 Å². The minimum atomic E-state index is -1.23. The lowest BCUT2D eigenvalue weighted by Crippen LogP contribution is -2.45. The molecule has 0 radical (unpaired) electrons. The van der Waals surface area contributed by atoms with Crippen LogP contribution in [0.3, 0.4) is 0 Å². The van der Waals surface area contributed by atoms with Gasteiger partial charge in [-0.25, -0.2) is 4.79 Å². The summed E-state index contributed by atoms with van der Waals surface area (Å²) in [4.78, 5) is 37.2. The Morgan fingerprint density at radius 3 is 2.30 bits per heavy atom. The number of alkyl carbamates (subject to hydrolysis) is 1. The molecule has 0 saturated carbocycles. The van der Waals surface area contributed by atoms with Crippen molar-refractivity contribution in [2.24, 2.45) is 0 Å². The molecule has 2 amide bonds. The molecule has 2 atom stereocenters. The summed E-state index contributed by atoms with van der Waals surface area (Å²) in [6, 6.07) is 11.6. The van der Waals surface area contributed by atoms with Crippen LogP contribution in [0.2, 0.25) is 0 Å². The highest BCUT2D eigenvalue weighted by molar-refractivity contribution is 5.94. The molecule has 1 aliphatic rings. The molecule has 1 aliphatic heterocycles. The van der Waals surface area contributed by atoms with E-state index >= 15 is 0 Å². The summed E-state index contributed by atoms with van der Waals surface area (Å²) >= 11 is 0. The number of hydrogen-bond donors (Lipinski definition) is 1. The number of benzene rings is 2. The second-order valence-electron chi connectivity index (χ2n) is 7.76. The van der Waals surface area contributed by atoms with Crippen LogP contribution in [0, 0.1) is 0 Å². The Balaban J connectivity index is 2.01. The van der Waals surface area contributed by atoms with Crippen molar-refractivity contribution in [2.45, 2.75) is 52.3 Å². The highest BCUT2D eigenvalue weighted by Crippen LogP contribution is 2.39. The number of fused-ring (bicyclic) bond motifs is 1. The standard InChI is InChI=1S/C23H26N2O5/c1-13(2)30-23(29)24-20-11-14(3)25(15(4)26)21-10-9-18(12-19(20)21)16-5-7-17(8-6-16)22(27)28/h5-10,12-14,20H,11H2,1-4H3,(H,24,29)(H,27,28)/p-1/t14-,20+/m1/s1. The molecule has 0 bridgehead atoms. The molecule has 30 heavy (non-hydrogen) atoms. The minimum absolute atomic E-state index is 0.0713. The number of carboxylic acid groups (broad SMARTS) is 1. The van der Waals surface area contributed by atoms with Gasteiger partial charge in [-0.3, -0.25) is 4.79 Å². The second kappa shape index (κ2) is 8.57.